The summed E-state index contributed by atoms with van der Waals surface area (Å²) in [6.45, 7) is 3.65. The van der Waals surface area contributed by atoms with Crippen molar-refractivity contribution in [2.45, 2.75) is 139 Å². The molecule has 3 saturated heterocycles. The number of rotatable bonds is 13. The number of fused-ring (bicyclic) bond motifs is 2. The number of aliphatic hydroxyl groups excluding tert-OH is 1. The minimum atomic E-state index is -1.67. The Balaban J connectivity index is 2.10. The molecule has 0 bridgehead atoms. The lowest BCUT2D eigenvalue weighted by Crippen LogP contribution is -2.62. The first kappa shape index (κ1) is 54.3. The van der Waals surface area contributed by atoms with Gasteiger partial charge in [-0.2, -0.15) is 11.8 Å². The van der Waals surface area contributed by atoms with Crippen LogP contribution in [0.3, 0.4) is 0 Å². The molecule has 0 aromatic carbocycles. The first-order valence-corrected chi connectivity index (χ1v) is 23.1. The van der Waals surface area contributed by atoms with Crippen molar-refractivity contribution in [3.63, 3.8) is 0 Å². The van der Waals surface area contributed by atoms with Crippen molar-refractivity contribution >= 4 is 82.7 Å². The van der Waals surface area contributed by atoms with Crippen LogP contribution in [0, 0.1) is 5.92 Å². The van der Waals surface area contributed by atoms with Gasteiger partial charge in [-0.05, 0) is 69.8 Å². The number of carbonyl (C=O) groups is 12. The van der Waals surface area contributed by atoms with Gasteiger partial charge < -0.3 is 68.7 Å². The zero-order chi connectivity index (χ0) is 49.4. The van der Waals surface area contributed by atoms with E-state index in [1.54, 1.807) is 20.1 Å². The van der Waals surface area contributed by atoms with E-state index < -0.39 is 170 Å². The first-order valence-electron chi connectivity index (χ1n) is 21.7. The topological polar surface area (TPSA) is 388 Å². The zero-order valence-corrected chi connectivity index (χ0v) is 38.2. The van der Waals surface area contributed by atoms with E-state index in [1.165, 1.54) is 18.7 Å². The van der Waals surface area contributed by atoms with Crippen LogP contribution in [0.5, 0.6) is 0 Å². The van der Waals surface area contributed by atoms with Gasteiger partial charge >= 0.3 is 5.97 Å². The second kappa shape index (κ2) is 25.6. The molecule has 3 aliphatic heterocycles. The summed E-state index contributed by atoms with van der Waals surface area (Å²) in [6, 6.07) is -11.6. The van der Waals surface area contributed by atoms with E-state index in [0.717, 1.165) is 9.80 Å². The maximum absolute atomic E-state index is 14.1. The summed E-state index contributed by atoms with van der Waals surface area (Å²) in [4.78, 5) is 162. The van der Waals surface area contributed by atoms with E-state index in [2.05, 4.69) is 37.2 Å². The Hall–Kier alpha value is -6.05. The second-order valence-electron chi connectivity index (χ2n) is 16.7. The predicted molar refractivity (Wildman–Crippen MR) is 233 cm³/mol. The van der Waals surface area contributed by atoms with Crippen LogP contribution < -0.4 is 48.7 Å². The van der Waals surface area contributed by atoms with Crippen LogP contribution in [-0.4, -0.2) is 177 Å². The van der Waals surface area contributed by atoms with Crippen molar-refractivity contribution in [3.05, 3.63) is 0 Å². The lowest BCUT2D eigenvalue weighted by Gasteiger charge is -2.33. The van der Waals surface area contributed by atoms with Gasteiger partial charge in [-0.25, -0.2) is 0 Å². The summed E-state index contributed by atoms with van der Waals surface area (Å²) >= 11 is 1.29. The van der Waals surface area contributed by atoms with Gasteiger partial charge in [0.05, 0.1) is 19.1 Å². The number of hydrogen-bond donors (Lipinski definition) is 11. The van der Waals surface area contributed by atoms with Crippen LogP contribution in [0.25, 0.3) is 0 Å². The highest BCUT2D eigenvalue weighted by Gasteiger charge is 2.43. The number of primary amides is 2. The van der Waals surface area contributed by atoms with Gasteiger partial charge in [0, 0.05) is 25.9 Å². The van der Waals surface area contributed by atoms with Gasteiger partial charge in [0.1, 0.15) is 48.3 Å². The van der Waals surface area contributed by atoms with Crippen LogP contribution in [0.15, 0.2) is 0 Å². The smallest absolute Gasteiger partial charge is 0.303 e. The molecule has 0 radical (unpaired) electrons. The van der Waals surface area contributed by atoms with Crippen LogP contribution in [-0.2, 0) is 57.5 Å². The van der Waals surface area contributed by atoms with Gasteiger partial charge in [0.15, 0.2) is 0 Å². The molecule has 26 heteroatoms. The van der Waals surface area contributed by atoms with E-state index in [1.807, 2.05) is 0 Å². The van der Waals surface area contributed by atoms with Crippen molar-refractivity contribution in [2.75, 3.05) is 31.6 Å². The largest absolute Gasteiger partial charge is 0.481 e. The molecule has 368 valence electrons. The number of carboxylic acids is 1. The Morgan fingerprint density at radius 3 is 1.67 bits per heavy atom. The molecule has 9 atom stereocenters. The number of carboxylic acid groups (broad SMARTS) is 1. The van der Waals surface area contributed by atoms with Gasteiger partial charge in [-0.3, -0.25) is 57.5 Å². The summed E-state index contributed by atoms with van der Waals surface area (Å²) in [5, 5.41) is 37.4. The Morgan fingerprint density at radius 1 is 0.636 bits per heavy atom. The number of nitrogens with zero attached hydrogens (tertiary/aromatic N) is 2. The summed E-state index contributed by atoms with van der Waals surface area (Å²) < 4.78 is 0. The minimum absolute atomic E-state index is 0.00232. The molecule has 13 N–H and O–H groups in total. The number of nitrogens with one attached hydrogen (secondary N) is 7. The third-order valence-electron chi connectivity index (χ3n) is 11.3. The molecule has 0 saturated carbocycles. The average molecular weight is 954 g/mol. The van der Waals surface area contributed by atoms with Crippen molar-refractivity contribution in [1.82, 2.24) is 47.0 Å². The van der Waals surface area contributed by atoms with Gasteiger partial charge in [0.25, 0.3) is 0 Å². The molecule has 3 aliphatic rings. The van der Waals surface area contributed by atoms with Gasteiger partial charge in [0.2, 0.25) is 65.0 Å². The summed E-state index contributed by atoms with van der Waals surface area (Å²) in [5.41, 5.74) is 10.8. The molecule has 66 heavy (non-hydrogen) atoms. The maximum atomic E-state index is 14.1. The van der Waals surface area contributed by atoms with Gasteiger partial charge in [-0.1, -0.05) is 13.8 Å². The fourth-order valence-electron chi connectivity index (χ4n) is 7.75. The summed E-state index contributed by atoms with van der Waals surface area (Å²) in [6.07, 6.45) is -1.77. The molecule has 0 aromatic rings. The standard InChI is InChI=1S/C40H63N11O14S/c1-19(2)31-38(63)47-24(17-28(42)54)39(64)50-14-5-7-25(50)36(61)43-18-29(55)44-21(9-11-27(41)53)33(58)45-22(10-12-30(56)57)34(59)46-23(13-16-66-4)35(60)49-32(20(3)52)40(65)51-15-6-8-26(51)37(62)48-31/h19-26,31-32,52H,5-18H2,1-4H3,(H2,41,53)(H2,42,54)(H,43,61)(H,44,55)(H,45,58)(H,46,59)(H,47,63)(H,48,62)(H,49,60)(H,56,57)/t20-,21+,22+,23+,24+,25+,26+,31+,32+/m1/s1. The molecule has 3 rings (SSSR count). The van der Waals surface area contributed by atoms with Crippen molar-refractivity contribution < 1.29 is 67.7 Å². The molecule has 25 nitrogen and oxygen atoms in total. The number of thioether (sulfide) groups is 1. The number of aliphatic hydroxyl groups is 1. The number of carbonyl (C=O) groups excluding carboxylic acids is 11. The molecule has 0 aliphatic carbocycles. The minimum Gasteiger partial charge on any atom is -0.481 e. The predicted octanol–water partition coefficient (Wildman–Crippen LogP) is -5.20. The van der Waals surface area contributed by atoms with E-state index in [-0.39, 0.29) is 38.1 Å². The number of hydrogen-bond acceptors (Lipinski definition) is 14. The highest BCUT2D eigenvalue weighted by atomic mass is 32.2. The first-order chi connectivity index (χ1) is 31.0. The molecular formula is C40H63N11O14S. The highest BCUT2D eigenvalue weighted by molar-refractivity contribution is 7.98. The monoisotopic (exact) mass is 953 g/mol. The Bertz CT molecular complexity index is 1870. The van der Waals surface area contributed by atoms with E-state index in [4.69, 9.17) is 11.5 Å². The third-order valence-corrected chi connectivity index (χ3v) is 11.9. The van der Waals surface area contributed by atoms with Crippen LogP contribution in [0.2, 0.25) is 0 Å². The van der Waals surface area contributed by atoms with E-state index >= 15 is 0 Å². The zero-order valence-electron chi connectivity index (χ0n) is 37.4. The van der Waals surface area contributed by atoms with E-state index in [9.17, 15) is 67.7 Å². The lowest BCUT2D eigenvalue weighted by molar-refractivity contribution is -0.145. The fraction of sp³-hybridized carbons (Fsp3) is 0.700. The molecule has 0 aromatic heterocycles. The third kappa shape index (κ3) is 15.8. The Kier molecular flexibility index (Phi) is 21.0. The number of aliphatic carboxylic acids is 1. The number of amides is 11. The average Bonchev–Trinajstić information content (AvgIpc) is 3.95. The molecule has 3 heterocycles. The highest BCUT2D eigenvalue weighted by Crippen LogP contribution is 2.22. The summed E-state index contributed by atoms with van der Waals surface area (Å²) in [5.74, 6) is -11.8. The normalized spacial score (nSPS) is 27.5. The molecular weight excluding hydrogens is 891 g/mol. The van der Waals surface area contributed by atoms with Crippen molar-refractivity contribution in [2.24, 2.45) is 17.4 Å². The van der Waals surface area contributed by atoms with Crippen LogP contribution in [0.4, 0.5) is 0 Å². The van der Waals surface area contributed by atoms with E-state index in [0.29, 0.717) is 12.8 Å². The quantitative estimate of drug-likeness (QED) is 0.0822. The molecule has 11 amide bonds. The molecule has 0 spiro atoms. The fourth-order valence-corrected chi connectivity index (χ4v) is 8.22. The van der Waals surface area contributed by atoms with Crippen LogP contribution >= 0.6 is 11.8 Å². The number of nitrogens with two attached hydrogens (primary N) is 2. The maximum Gasteiger partial charge on any atom is 0.303 e. The van der Waals surface area contributed by atoms with Crippen LogP contribution in [0.1, 0.15) is 85.0 Å². The molecule has 0 unspecified atom stereocenters. The SMILES string of the molecule is CSCC[C@@H]1NC(=O)[C@H](CCC(=O)O)NC(=O)[C@H](CCC(N)=O)NC(=O)CNC(=O)[C@@H]2CCCN2C(=O)[C@H](CC(N)=O)NC(=O)[C@H](C(C)C)NC(=O)[C@@H]2CCCN2C(=O)[C@H]([C@@H](C)O)NC1=O. The molecule has 3 fully saturated rings. The van der Waals surface area contributed by atoms with Gasteiger partial charge in [-0.15, -0.1) is 0 Å². The van der Waals surface area contributed by atoms with Crippen molar-refractivity contribution in [3.8, 4) is 0 Å². The lowest BCUT2D eigenvalue weighted by atomic mass is 10.0. The second-order valence-corrected chi connectivity index (χ2v) is 17.7. The summed E-state index contributed by atoms with van der Waals surface area (Å²) in [7, 11) is 0. The van der Waals surface area contributed by atoms with Crippen molar-refractivity contribution in [1.29, 1.82) is 0 Å². The Morgan fingerprint density at radius 2 is 1.14 bits per heavy atom. The Labute approximate surface area is 385 Å².